The van der Waals surface area contributed by atoms with Gasteiger partial charge < -0.3 is 10.1 Å². The van der Waals surface area contributed by atoms with Crippen molar-refractivity contribution in [2.45, 2.75) is 11.3 Å². The molecule has 2 rings (SSSR count). The molecular formula is C18H16N2O3S. The predicted octanol–water partition coefficient (Wildman–Crippen LogP) is 3.22. The molecule has 0 radical (unpaired) electrons. The molecule has 0 aromatic heterocycles. The van der Waals surface area contributed by atoms with Gasteiger partial charge in [-0.05, 0) is 36.4 Å². The zero-order valence-corrected chi connectivity index (χ0v) is 13.7. The normalized spacial score (nSPS) is 9.79. The molecule has 0 atom stereocenters. The molecule has 1 N–H and O–H groups in total. The molecule has 0 heterocycles. The summed E-state index contributed by atoms with van der Waals surface area (Å²) in [5, 5.41) is 11.3. The van der Waals surface area contributed by atoms with E-state index >= 15 is 0 Å². The van der Waals surface area contributed by atoms with E-state index < -0.39 is 11.9 Å². The molecule has 0 fully saturated rings. The van der Waals surface area contributed by atoms with Gasteiger partial charge >= 0.3 is 5.97 Å². The average molecular weight is 340 g/mol. The summed E-state index contributed by atoms with van der Waals surface area (Å²) >= 11 is 1.56. The topological polar surface area (TPSA) is 79.2 Å². The standard InChI is InChI=1S/C18H16N2O3S/c19-12-14-6-8-15(9-7-14)20-17(21)13-23-18(22)10-11-24-16-4-2-1-3-5-16/h1-9H,10-11,13H2,(H,20,21). The number of amides is 1. The number of nitrogens with one attached hydrogen (secondary N) is 1. The third-order valence-electron chi connectivity index (χ3n) is 2.98. The summed E-state index contributed by atoms with van der Waals surface area (Å²) in [5.41, 5.74) is 1.06. The molecule has 24 heavy (non-hydrogen) atoms. The van der Waals surface area contributed by atoms with Crippen LogP contribution >= 0.6 is 11.8 Å². The van der Waals surface area contributed by atoms with Gasteiger partial charge in [0.25, 0.3) is 5.91 Å². The summed E-state index contributed by atoms with van der Waals surface area (Å²) in [5.74, 6) is -0.225. The van der Waals surface area contributed by atoms with Gasteiger partial charge in [0, 0.05) is 16.3 Å². The van der Waals surface area contributed by atoms with Crippen molar-refractivity contribution in [3.05, 3.63) is 60.2 Å². The van der Waals surface area contributed by atoms with Crippen molar-refractivity contribution >= 4 is 29.3 Å². The van der Waals surface area contributed by atoms with Gasteiger partial charge in [0.2, 0.25) is 0 Å². The molecule has 2 aromatic rings. The summed E-state index contributed by atoms with van der Waals surface area (Å²) in [6.07, 6.45) is 0.240. The highest BCUT2D eigenvalue weighted by atomic mass is 32.2. The summed E-state index contributed by atoms with van der Waals surface area (Å²) in [6.45, 7) is -0.325. The molecule has 6 heteroatoms. The molecule has 0 unspecified atom stereocenters. The summed E-state index contributed by atoms with van der Waals surface area (Å²) in [7, 11) is 0. The van der Waals surface area contributed by atoms with Gasteiger partial charge in [0.15, 0.2) is 6.61 Å². The second-order valence-corrected chi connectivity index (χ2v) is 5.98. The molecule has 0 aliphatic rings. The van der Waals surface area contributed by atoms with Crippen LogP contribution in [0.2, 0.25) is 0 Å². The Labute approximate surface area is 144 Å². The molecule has 0 aliphatic carbocycles. The van der Waals surface area contributed by atoms with Gasteiger partial charge in [-0.3, -0.25) is 9.59 Å². The fraction of sp³-hybridized carbons (Fsp3) is 0.167. The highest BCUT2D eigenvalue weighted by Gasteiger charge is 2.08. The van der Waals surface area contributed by atoms with Crippen LogP contribution in [0.5, 0.6) is 0 Å². The number of anilines is 1. The number of carbonyl (C=O) groups excluding carboxylic acids is 2. The minimum Gasteiger partial charge on any atom is -0.456 e. The predicted molar refractivity (Wildman–Crippen MR) is 92.5 cm³/mol. The van der Waals surface area contributed by atoms with Crippen LogP contribution in [0.25, 0.3) is 0 Å². The number of esters is 1. The second kappa shape index (κ2) is 9.38. The maximum atomic E-state index is 11.7. The lowest BCUT2D eigenvalue weighted by molar-refractivity contribution is -0.146. The van der Waals surface area contributed by atoms with Crippen molar-refractivity contribution < 1.29 is 14.3 Å². The number of nitrogens with zero attached hydrogens (tertiary/aromatic N) is 1. The lowest BCUT2D eigenvalue weighted by Gasteiger charge is -2.06. The number of hydrogen-bond acceptors (Lipinski definition) is 5. The Morgan fingerprint density at radius 3 is 2.46 bits per heavy atom. The molecule has 2 aromatic carbocycles. The SMILES string of the molecule is N#Cc1ccc(NC(=O)COC(=O)CCSc2ccccc2)cc1. The summed E-state index contributed by atoms with van der Waals surface area (Å²) in [6, 6.07) is 18.2. The van der Waals surface area contributed by atoms with E-state index in [9.17, 15) is 9.59 Å². The van der Waals surface area contributed by atoms with Crippen LogP contribution in [0, 0.1) is 11.3 Å². The van der Waals surface area contributed by atoms with E-state index in [4.69, 9.17) is 10.00 Å². The monoisotopic (exact) mass is 340 g/mol. The zero-order chi connectivity index (χ0) is 17.2. The van der Waals surface area contributed by atoms with Crippen LogP contribution in [-0.4, -0.2) is 24.2 Å². The van der Waals surface area contributed by atoms with Crippen LogP contribution < -0.4 is 5.32 Å². The van der Waals surface area contributed by atoms with E-state index in [1.165, 1.54) is 0 Å². The highest BCUT2D eigenvalue weighted by Crippen LogP contribution is 2.17. The van der Waals surface area contributed by atoms with Gasteiger partial charge in [-0.2, -0.15) is 5.26 Å². The van der Waals surface area contributed by atoms with E-state index in [1.807, 2.05) is 36.4 Å². The Hall–Kier alpha value is -2.78. The van der Waals surface area contributed by atoms with E-state index in [-0.39, 0.29) is 13.0 Å². The van der Waals surface area contributed by atoms with Crippen molar-refractivity contribution in [2.75, 3.05) is 17.7 Å². The molecule has 0 saturated carbocycles. The van der Waals surface area contributed by atoms with Gasteiger partial charge in [0.1, 0.15) is 0 Å². The first-order valence-corrected chi connectivity index (χ1v) is 8.29. The van der Waals surface area contributed by atoms with Gasteiger partial charge in [-0.25, -0.2) is 0 Å². The number of rotatable bonds is 7. The smallest absolute Gasteiger partial charge is 0.307 e. The Bertz CT molecular complexity index is 724. The number of carbonyl (C=O) groups is 2. The Balaban J connectivity index is 1.65. The number of thioether (sulfide) groups is 1. The maximum absolute atomic E-state index is 11.7. The van der Waals surface area contributed by atoms with Crippen LogP contribution in [-0.2, 0) is 14.3 Å². The number of nitriles is 1. The third-order valence-corrected chi connectivity index (χ3v) is 3.99. The van der Waals surface area contributed by atoms with Crippen LogP contribution in [0.4, 0.5) is 5.69 Å². The third kappa shape index (κ3) is 6.15. The Morgan fingerprint density at radius 1 is 1.08 bits per heavy atom. The molecule has 0 bridgehead atoms. The molecule has 0 spiro atoms. The van der Waals surface area contributed by atoms with Gasteiger partial charge in [-0.1, -0.05) is 18.2 Å². The lowest BCUT2D eigenvalue weighted by Crippen LogP contribution is -2.21. The molecular weight excluding hydrogens is 324 g/mol. The summed E-state index contributed by atoms with van der Waals surface area (Å²) in [4.78, 5) is 24.4. The van der Waals surface area contributed by atoms with Crippen molar-refractivity contribution in [1.29, 1.82) is 5.26 Å². The highest BCUT2D eigenvalue weighted by molar-refractivity contribution is 7.99. The first-order valence-electron chi connectivity index (χ1n) is 7.31. The molecule has 5 nitrogen and oxygen atoms in total. The van der Waals surface area contributed by atoms with Crippen LogP contribution in [0.3, 0.4) is 0 Å². The Kier molecular flexibility index (Phi) is 6.87. The van der Waals surface area contributed by atoms with Crippen molar-refractivity contribution in [1.82, 2.24) is 0 Å². The largest absolute Gasteiger partial charge is 0.456 e. The minimum atomic E-state index is -0.413. The average Bonchev–Trinajstić information content (AvgIpc) is 2.61. The molecule has 122 valence electrons. The van der Waals surface area contributed by atoms with Crippen LogP contribution in [0.1, 0.15) is 12.0 Å². The lowest BCUT2D eigenvalue weighted by atomic mass is 10.2. The van der Waals surface area contributed by atoms with Crippen molar-refractivity contribution in [2.24, 2.45) is 0 Å². The maximum Gasteiger partial charge on any atom is 0.307 e. The van der Waals surface area contributed by atoms with E-state index in [1.54, 1.807) is 36.0 Å². The number of hydrogen-bond donors (Lipinski definition) is 1. The number of ether oxygens (including phenoxy) is 1. The van der Waals surface area contributed by atoms with Crippen molar-refractivity contribution in [3.63, 3.8) is 0 Å². The molecule has 0 aliphatic heterocycles. The fourth-order valence-electron chi connectivity index (χ4n) is 1.81. The minimum absolute atomic E-state index is 0.240. The summed E-state index contributed by atoms with van der Waals surface area (Å²) < 4.78 is 4.94. The first-order chi connectivity index (χ1) is 11.7. The quantitative estimate of drug-likeness (QED) is 0.618. The molecule has 0 saturated heterocycles. The zero-order valence-electron chi connectivity index (χ0n) is 12.9. The number of benzene rings is 2. The van der Waals surface area contributed by atoms with E-state index in [2.05, 4.69) is 5.32 Å². The second-order valence-electron chi connectivity index (χ2n) is 4.81. The Morgan fingerprint density at radius 2 is 1.79 bits per heavy atom. The van der Waals surface area contributed by atoms with Gasteiger partial charge in [-0.15, -0.1) is 11.8 Å². The van der Waals surface area contributed by atoms with E-state index in [0.717, 1.165) is 4.90 Å². The fourth-order valence-corrected chi connectivity index (χ4v) is 2.67. The van der Waals surface area contributed by atoms with E-state index in [0.29, 0.717) is 17.0 Å². The van der Waals surface area contributed by atoms with Gasteiger partial charge in [0.05, 0.1) is 18.1 Å². The molecule has 1 amide bonds. The van der Waals surface area contributed by atoms with Crippen LogP contribution in [0.15, 0.2) is 59.5 Å². The first kappa shape index (κ1) is 17.6. The van der Waals surface area contributed by atoms with Crippen molar-refractivity contribution in [3.8, 4) is 6.07 Å².